The van der Waals surface area contributed by atoms with E-state index in [0.717, 1.165) is 19.3 Å². The molecular weight excluding hydrogens is 108 g/mol. The van der Waals surface area contributed by atoms with Gasteiger partial charge in [-0.1, -0.05) is 17.6 Å². The average Bonchev–Trinajstić information content (AvgIpc) is 2.34. The van der Waals surface area contributed by atoms with Crippen molar-refractivity contribution in [3.8, 4) is 11.8 Å². The van der Waals surface area contributed by atoms with Crippen LogP contribution in [0.4, 0.5) is 0 Å². The van der Waals surface area contributed by atoms with Crippen LogP contribution in [-0.2, 0) is 0 Å². The molecule has 0 heteroatoms. The summed E-state index contributed by atoms with van der Waals surface area (Å²) in [6.07, 6.45) is 7.85. The average molecular weight is 119 g/mol. The lowest BCUT2D eigenvalue weighted by atomic mass is 10.2. The molecule has 0 aromatic rings. The molecule has 0 heterocycles. The van der Waals surface area contributed by atoms with Crippen LogP contribution >= 0.6 is 0 Å². The summed E-state index contributed by atoms with van der Waals surface area (Å²) in [6, 6.07) is 0. The first-order valence-corrected chi connectivity index (χ1v) is 3.32. The Morgan fingerprint density at radius 1 is 1.67 bits per heavy atom. The Morgan fingerprint density at radius 2 is 2.56 bits per heavy atom. The number of rotatable bonds is 1. The van der Waals surface area contributed by atoms with Crippen molar-refractivity contribution in [1.29, 1.82) is 0 Å². The van der Waals surface area contributed by atoms with E-state index < -0.39 is 0 Å². The molecular formula is C9H11. The van der Waals surface area contributed by atoms with Crippen LogP contribution in [0.5, 0.6) is 0 Å². The SMILES string of the molecule is CC#CCC1=CC[CH]C1. The fourth-order valence-electron chi connectivity index (χ4n) is 0.948. The first kappa shape index (κ1) is 6.42. The van der Waals surface area contributed by atoms with E-state index >= 15 is 0 Å². The van der Waals surface area contributed by atoms with Crippen molar-refractivity contribution in [1.82, 2.24) is 0 Å². The standard InChI is InChI=1S/C9H11/c1-2-3-6-9-7-4-5-8-9/h4,8H,5-7H2,1H3. The molecule has 0 spiro atoms. The van der Waals surface area contributed by atoms with Gasteiger partial charge in [0.25, 0.3) is 0 Å². The van der Waals surface area contributed by atoms with E-state index in [-0.39, 0.29) is 0 Å². The van der Waals surface area contributed by atoms with Gasteiger partial charge in [-0.3, -0.25) is 0 Å². The van der Waals surface area contributed by atoms with Crippen molar-refractivity contribution >= 4 is 0 Å². The molecule has 1 aliphatic rings. The molecule has 1 radical (unpaired) electrons. The van der Waals surface area contributed by atoms with Gasteiger partial charge in [-0.15, -0.1) is 5.92 Å². The molecule has 0 nitrogen and oxygen atoms in total. The number of allylic oxidation sites excluding steroid dienone is 2. The third kappa shape index (κ3) is 1.93. The van der Waals surface area contributed by atoms with Gasteiger partial charge < -0.3 is 0 Å². The molecule has 9 heavy (non-hydrogen) atoms. The first-order chi connectivity index (χ1) is 4.43. The summed E-state index contributed by atoms with van der Waals surface area (Å²) in [5, 5.41) is 0. The van der Waals surface area contributed by atoms with E-state index in [1.807, 2.05) is 6.92 Å². The lowest BCUT2D eigenvalue weighted by Gasteiger charge is -1.89. The highest BCUT2D eigenvalue weighted by Gasteiger charge is 2.01. The predicted molar refractivity (Wildman–Crippen MR) is 39.7 cm³/mol. The summed E-state index contributed by atoms with van der Waals surface area (Å²) in [7, 11) is 0. The van der Waals surface area contributed by atoms with Gasteiger partial charge in [0, 0.05) is 6.42 Å². The van der Waals surface area contributed by atoms with Gasteiger partial charge in [0.05, 0.1) is 0 Å². The largest absolute Gasteiger partial charge is 0.106 e. The lowest BCUT2D eigenvalue weighted by molar-refractivity contribution is 1.10. The molecule has 0 unspecified atom stereocenters. The number of hydrogen-bond donors (Lipinski definition) is 0. The van der Waals surface area contributed by atoms with E-state index in [4.69, 9.17) is 0 Å². The second-order valence-corrected chi connectivity index (χ2v) is 2.19. The normalized spacial score (nSPS) is 16.3. The zero-order chi connectivity index (χ0) is 6.53. The topological polar surface area (TPSA) is 0 Å². The van der Waals surface area contributed by atoms with Gasteiger partial charge in [-0.2, -0.15) is 0 Å². The lowest BCUT2D eigenvalue weighted by Crippen LogP contribution is -1.72. The number of hydrogen-bond acceptors (Lipinski definition) is 0. The van der Waals surface area contributed by atoms with Crippen molar-refractivity contribution in [2.24, 2.45) is 0 Å². The van der Waals surface area contributed by atoms with Crippen molar-refractivity contribution in [3.63, 3.8) is 0 Å². The predicted octanol–water partition coefficient (Wildman–Crippen LogP) is 2.32. The van der Waals surface area contributed by atoms with Gasteiger partial charge >= 0.3 is 0 Å². The Hall–Kier alpha value is -0.700. The maximum absolute atomic E-state index is 3.05. The maximum atomic E-state index is 3.05. The van der Waals surface area contributed by atoms with Crippen LogP contribution in [0.1, 0.15) is 26.2 Å². The van der Waals surface area contributed by atoms with Crippen molar-refractivity contribution in [2.45, 2.75) is 26.2 Å². The Balaban J connectivity index is 2.32. The fraction of sp³-hybridized carbons (Fsp3) is 0.444. The first-order valence-electron chi connectivity index (χ1n) is 3.32. The van der Waals surface area contributed by atoms with Gasteiger partial charge in [0.1, 0.15) is 0 Å². The summed E-state index contributed by atoms with van der Waals surface area (Å²) in [5.74, 6) is 5.94. The minimum Gasteiger partial charge on any atom is -0.106 e. The van der Waals surface area contributed by atoms with Crippen molar-refractivity contribution < 1.29 is 0 Å². The molecule has 0 fully saturated rings. The van der Waals surface area contributed by atoms with Crippen molar-refractivity contribution in [2.75, 3.05) is 0 Å². The molecule has 0 N–H and O–H groups in total. The third-order valence-electron chi connectivity index (χ3n) is 1.47. The minimum absolute atomic E-state index is 0.979. The summed E-state index contributed by atoms with van der Waals surface area (Å²) in [4.78, 5) is 0. The summed E-state index contributed by atoms with van der Waals surface area (Å²) in [6.45, 7) is 1.89. The summed E-state index contributed by atoms with van der Waals surface area (Å²) in [5.41, 5.74) is 1.49. The molecule has 0 amide bonds. The highest BCUT2D eigenvalue weighted by atomic mass is 14.1. The Bertz CT molecular complexity index is 164. The van der Waals surface area contributed by atoms with Gasteiger partial charge in [-0.05, 0) is 26.2 Å². The van der Waals surface area contributed by atoms with E-state index in [9.17, 15) is 0 Å². The smallest absolute Gasteiger partial charge is 0.0299 e. The second kappa shape index (κ2) is 3.35. The van der Waals surface area contributed by atoms with E-state index in [0.29, 0.717) is 0 Å². The summed E-state index contributed by atoms with van der Waals surface area (Å²) >= 11 is 0. The fourth-order valence-corrected chi connectivity index (χ4v) is 0.948. The van der Waals surface area contributed by atoms with Crippen LogP contribution in [0.3, 0.4) is 0 Å². The van der Waals surface area contributed by atoms with Crippen LogP contribution in [0, 0.1) is 18.3 Å². The minimum atomic E-state index is 0.979. The van der Waals surface area contributed by atoms with E-state index in [1.54, 1.807) is 0 Å². The van der Waals surface area contributed by atoms with Gasteiger partial charge in [0.15, 0.2) is 0 Å². The molecule has 47 valence electrons. The molecule has 1 aliphatic carbocycles. The monoisotopic (exact) mass is 119 g/mol. The van der Waals surface area contributed by atoms with Gasteiger partial charge in [0.2, 0.25) is 0 Å². The highest BCUT2D eigenvalue weighted by molar-refractivity contribution is 5.19. The molecule has 0 saturated carbocycles. The van der Waals surface area contributed by atoms with Crippen LogP contribution in [0.15, 0.2) is 11.6 Å². The summed E-state index contributed by atoms with van der Waals surface area (Å²) < 4.78 is 0. The zero-order valence-electron chi connectivity index (χ0n) is 5.78. The van der Waals surface area contributed by atoms with Crippen LogP contribution in [-0.4, -0.2) is 0 Å². The van der Waals surface area contributed by atoms with Crippen molar-refractivity contribution in [3.05, 3.63) is 18.1 Å². The molecule has 0 bridgehead atoms. The van der Waals surface area contributed by atoms with E-state index in [2.05, 4.69) is 24.3 Å². The zero-order valence-corrected chi connectivity index (χ0v) is 5.78. The third-order valence-corrected chi connectivity index (χ3v) is 1.47. The van der Waals surface area contributed by atoms with Crippen LogP contribution < -0.4 is 0 Å². The molecule has 0 saturated heterocycles. The van der Waals surface area contributed by atoms with Gasteiger partial charge in [-0.25, -0.2) is 0 Å². The molecule has 0 aromatic heterocycles. The quantitative estimate of drug-likeness (QED) is 0.367. The van der Waals surface area contributed by atoms with Crippen LogP contribution in [0.2, 0.25) is 0 Å². The molecule has 0 atom stereocenters. The van der Waals surface area contributed by atoms with E-state index in [1.165, 1.54) is 5.57 Å². The Kier molecular flexibility index (Phi) is 2.39. The van der Waals surface area contributed by atoms with Crippen LogP contribution in [0.25, 0.3) is 0 Å². The molecule has 0 aromatic carbocycles. The Morgan fingerprint density at radius 3 is 3.11 bits per heavy atom. The second-order valence-electron chi connectivity index (χ2n) is 2.19. The molecule has 1 rings (SSSR count). The molecule has 0 aliphatic heterocycles. The highest BCUT2D eigenvalue weighted by Crippen LogP contribution is 2.18. The maximum Gasteiger partial charge on any atom is 0.0299 e. The Labute approximate surface area is 57.0 Å².